The standard InChI is InChI=1S/C25H32N4O5.C20H26N4O3.C5H8O3.CH3I.CH4/c30-22(27-11-13-28(14-12-27)24(32)21-6-3-15-34-21)18-9-7-17(8-10-18)16-29-23(31)19-4-1-2-5-20(19)26-25(29)33;25-18(23-11-9-21-10-12-23)15-7-5-14(6-8-15)13-24-19(26)16-3-1-2-4-17(16)22-20(24)27;6-5(7)4-2-1-3-8-4;1-2;/h1-2,4-5,17-18,21H,3,6-16H2,(H,26,33);1-4,14-15,21H,5-13H2,(H,22,27);4H,1-3H2,(H,6,7);1H3;1H4/i;;;1D;. The van der Waals surface area contributed by atoms with Gasteiger partial charge in [0.2, 0.25) is 11.8 Å². The average molecular weight is 1110 g/mol. The number of H-pyrrole nitrogens is 2. The summed E-state index contributed by atoms with van der Waals surface area (Å²) in [6.07, 6.45) is 9.04. The molecule has 0 radical (unpaired) electrons. The number of para-hydroxylation sites is 2. The molecule has 4 saturated heterocycles. The number of carbonyl (C=O) groups excluding carboxylic acids is 3. The van der Waals surface area contributed by atoms with Crippen LogP contribution < -0.4 is 27.8 Å². The molecule has 4 aromatic rings. The maximum absolute atomic E-state index is 13.1. The topological polar surface area (TPSA) is 238 Å². The average Bonchev–Trinajstić information content (AvgIpc) is 4.17. The zero-order valence-electron chi connectivity index (χ0n) is 41.4. The molecule has 2 aromatic carbocycles. The molecular formula is C52H73IN8O11. The van der Waals surface area contributed by atoms with E-state index >= 15 is 0 Å². The summed E-state index contributed by atoms with van der Waals surface area (Å²) in [5, 5.41) is 12.6. The molecule has 10 rings (SSSR count). The molecule has 394 valence electrons. The highest BCUT2D eigenvalue weighted by Gasteiger charge is 2.35. The molecular weight excluding hydrogens is 1040 g/mol. The molecule has 72 heavy (non-hydrogen) atoms. The number of carbonyl (C=O) groups is 4. The number of aromatic amines is 2. The van der Waals surface area contributed by atoms with Crippen LogP contribution in [-0.2, 0) is 41.7 Å². The summed E-state index contributed by atoms with van der Waals surface area (Å²) in [6, 6.07) is 14.1. The van der Waals surface area contributed by atoms with Gasteiger partial charge < -0.3 is 44.6 Å². The number of nitrogens with one attached hydrogen (secondary N) is 3. The first-order valence-electron chi connectivity index (χ1n) is 25.9. The van der Waals surface area contributed by atoms with Crippen LogP contribution in [0.25, 0.3) is 21.8 Å². The van der Waals surface area contributed by atoms with Crippen LogP contribution >= 0.6 is 22.6 Å². The Bertz CT molecular complexity index is 2700. The fourth-order valence-corrected chi connectivity index (χ4v) is 10.7. The van der Waals surface area contributed by atoms with Crippen molar-refractivity contribution in [2.24, 2.45) is 23.7 Å². The third kappa shape index (κ3) is 14.1. The Balaban J connectivity index is 0.000000198. The largest absolute Gasteiger partial charge is 0.479 e. The first kappa shape index (κ1) is 54.6. The number of hydrogen-bond acceptors (Lipinski definition) is 11. The van der Waals surface area contributed by atoms with Gasteiger partial charge in [-0.2, -0.15) is 0 Å². The van der Waals surface area contributed by atoms with E-state index in [1.165, 1.54) is 9.13 Å². The Kier molecular flexibility index (Phi) is 20.6. The minimum Gasteiger partial charge on any atom is -0.479 e. The summed E-state index contributed by atoms with van der Waals surface area (Å²) in [5.74, 6) is 0.196. The van der Waals surface area contributed by atoms with E-state index in [0.717, 1.165) is 96.8 Å². The van der Waals surface area contributed by atoms with E-state index in [9.17, 15) is 38.4 Å². The third-order valence-corrected chi connectivity index (χ3v) is 14.8. The lowest BCUT2D eigenvalue weighted by Gasteiger charge is -2.38. The second-order valence-electron chi connectivity index (χ2n) is 19.3. The van der Waals surface area contributed by atoms with E-state index < -0.39 is 12.1 Å². The van der Waals surface area contributed by atoms with Crippen LogP contribution in [-0.4, -0.2) is 145 Å². The molecule has 6 fully saturated rings. The number of hydrogen-bond donors (Lipinski definition) is 4. The number of benzene rings is 2. The molecule has 4 N–H and O–H groups in total. The molecule has 6 aliphatic rings. The number of aromatic nitrogens is 4. The number of fused-ring (bicyclic) bond motifs is 2. The quantitative estimate of drug-likeness (QED) is 0.144. The first-order valence-corrected chi connectivity index (χ1v) is 26.7. The van der Waals surface area contributed by atoms with E-state index in [0.29, 0.717) is 85.6 Å². The van der Waals surface area contributed by atoms with Crippen LogP contribution in [0.3, 0.4) is 0 Å². The Labute approximate surface area is 434 Å². The lowest BCUT2D eigenvalue weighted by Crippen LogP contribution is -2.54. The lowest BCUT2D eigenvalue weighted by molar-refractivity contribution is -0.147. The second-order valence-corrected chi connectivity index (χ2v) is 19.3. The van der Waals surface area contributed by atoms with Crippen LogP contribution in [0, 0.1) is 23.7 Å². The van der Waals surface area contributed by atoms with Gasteiger partial charge in [-0.25, -0.2) is 14.4 Å². The molecule has 20 heteroatoms. The smallest absolute Gasteiger partial charge is 0.332 e. The van der Waals surface area contributed by atoms with E-state index in [-0.39, 0.29) is 77.4 Å². The monoisotopic (exact) mass is 1110 g/mol. The number of aliphatic carboxylic acids is 1. The van der Waals surface area contributed by atoms with Crippen LogP contribution in [0.1, 0.15) is 85.8 Å². The number of amides is 3. The molecule has 2 saturated carbocycles. The maximum Gasteiger partial charge on any atom is 0.332 e. The van der Waals surface area contributed by atoms with Crippen molar-refractivity contribution in [3.05, 3.63) is 90.2 Å². The predicted octanol–water partition coefficient (Wildman–Crippen LogP) is 4.21. The molecule has 6 heterocycles. The van der Waals surface area contributed by atoms with Crippen LogP contribution in [0.5, 0.6) is 0 Å². The Hall–Kier alpha value is -5.19. The maximum atomic E-state index is 13.1. The van der Waals surface area contributed by atoms with E-state index in [1.54, 1.807) is 48.5 Å². The van der Waals surface area contributed by atoms with Gasteiger partial charge in [0.1, 0.15) is 6.10 Å². The van der Waals surface area contributed by atoms with Gasteiger partial charge in [0, 0.05) is 91.9 Å². The minimum absolute atomic E-state index is 0. The molecule has 2 atom stereocenters. The number of carboxylic acid groups (broad SMARTS) is 1. The van der Waals surface area contributed by atoms with Crippen LogP contribution in [0.15, 0.2) is 67.7 Å². The van der Waals surface area contributed by atoms with Crippen molar-refractivity contribution < 1.29 is 35.1 Å². The summed E-state index contributed by atoms with van der Waals surface area (Å²) >= 11 is 1.96. The van der Waals surface area contributed by atoms with Gasteiger partial charge in [-0.3, -0.25) is 33.1 Å². The molecule has 4 aliphatic heterocycles. The van der Waals surface area contributed by atoms with Gasteiger partial charge in [-0.05, 0) is 118 Å². The molecule has 0 bridgehead atoms. The lowest BCUT2D eigenvalue weighted by atomic mass is 9.81. The Morgan fingerprint density at radius 2 is 0.986 bits per heavy atom. The van der Waals surface area contributed by atoms with Gasteiger partial charge in [0.15, 0.2) is 6.10 Å². The molecule has 2 unspecified atom stereocenters. The van der Waals surface area contributed by atoms with Gasteiger partial charge in [-0.1, -0.05) is 54.3 Å². The molecule has 3 amide bonds. The van der Waals surface area contributed by atoms with E-state index in [1.807, 2.05) is 37.3 Å². The molecule has 2 aliphatic carbocycles. The third-order valence-electron chi connectivity index (χ3n) is 14.8. The second kappa shape index (κ2) is 27.2. The van der Waals surface area contributed by atoms with Gasteiger partial charge in [-0.15, -0.1) is 0 Å². The van der Waals surface area contributed by atoms with Crippen molar-refractivity contribution in [2.75, 3.05) is 70.5 Å². The molecule has 2 aromatic heterocycles. The number of halogens is 1. The predicted molar refractivity (Wildman–Crippen MR) is 283 cm³/mol. The van der Waals surface area contributed by atoms with Crippen molar-refractivity contribution in [3.63, 3.8) is 0 Å². The van der Waals surface area contributed by atoms with Crippen molar-refractivity contribution >= 4 is 68.1 Å². The summed E-state index contributed by atoms with van der Waals surface area (Å²) in [4.78, 5) is 110. The number of rotatable bonds is 8. The van der Waals surface area contributed by atoms with E-state index in [4.69, 9.17) is 16.0 Å². The number of piperazine rings is 2. The highest BCUT2D eigenvalue weighted by molar-refractivity contribution is 14.1. The normalized spacial score (nSPS) is 24.3. The Morgan fingerprint density at radius 3 is 1.38 bits per heavy atom. The summed E-state index contributed by atoms with van der Waals surface area (Å²) in [7, 11) is 0. The van der Waals surface area contributed by atoms with Gasteiger partial charge in [0.05, 0.1) is 21.8 Å². The number of ether oxygens (including phenoxy) is 2. The van der Waals surface area contributed by atoms with Crippen molar-refractivity contribution in [2.45, 2.75) is 110 Å². The van der Waals surface area contributed by atoms with E-state index in [2.05, 4.69) is 15.3 Å². The first-order chi connectivity index (χ1) is 34.9. The highest BCUT2D eigenvalue weighted by atomic mass is 127. The van der Waals surface area contributed by atoms with Crippen LogP contribution in [0.4, 0.5) is 0 Å². The van der Waals surface area contributed by atoms with Gasteiger partial charge >= 0.3 is 17.3 Å². The fourth-order valence-electron chi connectivity index (χ4n) is 10.7. The summed E-state index contributed by atoms with van der Waals surface area (Å²) < 4.78 is 19.2. The Morgan fingerprint density at radius 1 is 0.597 bits per heavy atom. The van der Waals surface area contributed by atoms with Crippen LogP contribution in [0.2, 0.25) is 0 Å². The minimum atomic E-state index is -0.831. The number of nitrogens with zero attached hydrogens (tertiary/aromatic N) is 5. The van der Waals surface area contributed by atoms with Crippen molar-refractivity contribution in [1.29, 1.82) is 0 Å². The molecule has 19 nitrogen and oxygen atoms in total. The zero-order valence-corrected chi connectivity index (χ0v) is 42.6. The number of carboxylic acids is 1. The number of alkyl halides is 1. The van der Waals surface area contributed by atoms with Gasteiger partial charge in [0.25, 0.3) is 17.0 Å². The zero-order chi connectivity index (χ0) is 51.1. The summed E-state index contributed by atoms with van der Waals surface area (Å²) in [5.41, 5.74) is -0.0777. The molecule has 0 spiro atoms. The highest BCUT2D eigenvalue weighted by Crippen LogP contribution is 2.32. The van der Waals surface area contributed by atoms with Crippen molar-refractivity contribution in [3.8, 4) is 0 Å². The SMILES string of the molecule is C.O=C(C1CCC(Cn2c(=O)[nH]c3ccccc3c2=O)CC1)N1CCN(C(=O)C2CCCO2)CC1.O=C(C1CCC(Cn2c(=O)[nH]c3ccccc3c2=O)CC1)N1CCNCC1.O=C(O)C1CCCO1.[2H]CI. The summed E-state index contributed by atoms with van der Waals surface area (Å²) in [6.45, 7) is 7.65. The van der Waals surface area contributed by atoms with Crippen molar-refractivity contribution in [1.82, 2.24) is 39.1 Å². The fraction of sp³-hybridized carbons (Fsp3) is 0.615.